The topological polar surface area (TPSA) is 55.8 Å². The number of nitrogens with zero attached hydrogens (tertiary/aromatic N) is 2. The van der Waals surface area contributed by atoms with Gasteiger partial charge < -0.3 is 15.3 Å². The summed E-state index contributed by atoms with van der Waals surface area (Å²) in [4.78, 5) is 16.1. The van der Waals surface area contributed by atoms with Gasteiger partial charge in [-0.05, 0) is 52.3 Å². The van der Waals surface area contributed by atoms with Crippen LogP contribution in [0.5, 0.6) is 0 Å². The van der Waals surface area contributed by atoms with Gasteiger partial charge in [0, 0.05) is 38.4 Å². The monoisotopic (exact) mass is 323 g/mol. The molecule has 0 aliphatic heterocycles. The molecule has 3 unspecified atom stereocenters. The van der Waals surface area contributed by atoms with Crippen molar-refractivity contribution < 1.29 is 9.90 Å². The molecule has 1 saturated carbocycles. The van der Waals surface area contributed by atoms with E-state index in [2.05, 4.69) is 43.1 Å². The van der Waals surface area contributed by atoms with Crippen LogP contribution in [0.4, 0.5) is 0 Å². The molecule has 0 aromatic carbocycles. The number of carbonyl (C=O) groups is 1. The first kappa shape index (κ1) is 19.7. The summed E-state index contributed by atoms with van der Waals surface area (Å²) in [6, 6.07) is 0.106. The van der Waals surface area contributed by atoms with Crippen LogP contribution < -0.4 is 5.32 Å². The van der Waals surface area contributed by atoms with Crippen molar-refractivity contribution in [3.63, 3.8) is 0 Å². The molecule has 2 N–H and O–H groups in total. The average molecular weight is 323 g/mol. The number of nitrogens with one attached hydrogen (secondary N) is 1. The minimum Gasteiger partial charge on any atom is -0.478 e. The molecule has 1 fully saturated rings. The minimum absolute atomic E-state index is 0.106. The first-order valence-corrected chi connectivity index (χ1v) is 8.44. The fourth-order valence-electron chi connectivity index (χ4n) is 2.60. The normalized spacial score (nSPS) is 23.3. The van der Waals surface area contributed by atoms with E-state index in [4.69, 9.17) is 0 Å². The van der Waals surface area contributed by atoms with Gasteiger partial charge in [-0.2, -0.15) is 0 Å². The van der Waals surface area contributed by atoms with E-state index < -0.39 is 5.97 Å². The summed E-state index contributed by atoms with van der Waals surface area (Å²) in [5.41, 5.74) is 1.20. The van der Waals surface area contributed by atoms with Crippen molar-refractivity contribution in [3.05, 3.63) is 23.4 Å². The van der Waals surface area contributed by atoms with Gasteiger partial charge in [-0.15, -0.1) is 0 Å². The molecule has 0 heterocycles. The Labute approximate surface area is 141 Å². The van der Waals surface area contributed by atoms with Crippen LogP contribution in [0, 0.1) is 11.8 Å². The van der Waals surface area contributed by atoms with Gasteiger partial charge in [0.1, 0.15) is 0 Å². The maximum atomic E-state index is 11.5. The molecule has 0 amide bonds. The first-order chi connectivity index (χ1) is 10.7. The van der Waals surface area contributed by atoms with Gasteiger partial charge in [-0.1, -0.05) is 13.0 Å². The molecule has 1 aliphatic carbocycles. The van der Waals surface area contributed by atoms with E-state index in [1.54, 1.807) is 13.1 Å². The Morgan fingerprint density at radius 1 is 1.39 bits per heavy atom. The number of hydrogen-bond donors (Lipinski definition) is 2. The Hall–Kier alpha value is -1.33. The number of hydrogen-bond acceptors (Lipinski definition) is 4. The van der Waals surface area contributed by atoms with Crippen molar-refractivity contribution in [3.8, 4) is 0 Å². The Morgan fingerprint density at radius 3 is 2.43 bits per heavy atom. The molecule has 0 aromatic heterocycles. The molecule has 0 spiro atoms. The average Bonchev–Trinajstić information content (AvgIpc) is 3.17. The molecule has 0 aromatic rings. The molecule has 1 rings (SSSR count). The van der Waals surface area contributed by atoms with Gasteiger partial charge in [0.25, 0.3) is 0 Å². The molecule has 0 bridgehead atoms. The van der Waals surface area contributed by atoms with E-state index in [9.17, 15) is 9.90 Å². The minimum atomic E-state index is -0.876. The van der Waals surface area contributed by atoms with Crippen molar-refractivity contribution in [2.45, 2.75) is 33.2 Å². The summed E-state index contributed by atoms with van der Waals surface area (Å²) in [6.07, 6.45) is 4.86. The highest BCUT2D eigenvalue weighted by molar-refractivity contribution is 5.90. The SMILES string of the molecule is CN/C(C)=C/C(=C\C(C)N(CCN(C)C)CC1CC1C)C(=O)O. The smallest absolute Gasteiger partial charge is 0.335 e. The van der Waals surface area contributed by atoms with Crippen molar-refractivity contribution >= 4 is 5.97 Å². The predicted octanol–water partition coefficient (Wildman–Crippen LogP) is 2.03. The van der Waals surface area contributed by atoms with E-state index >= 15 is 0 Å². The molecule has 0 saturated heterocycles. The third-order valence-electron chi connectivity index (χ3n) is 4.59. The van der Waals surface area contributed by atoms with Crippen LogP contribution in [0.2, 0.25) is 0 Å². The predicted molar refractivity (Wildman–Crippen MR) is 95.4 cm³/mol. The fraction of sp³-hybridized carbons (Fsp3) is 0.722. The second-order valence-electron chi connectivity index (χ2n) is 7.02. The Bertz CT molecular complexity index is 457. The number of carboxylic acid groups (broad SMARTS) is 1. The first-order valence-electron chi connectivity index (χ1n) is 8.44. The number of allylic oxidation sites excluding steroid dienone is 1. The Kier molecular flexibility index (Phi) is 7.79. The molecule has 1 aliphatic rings. The Balaban J connectivity index is 2.84. The fourth-order valence-corrected chi connectivity index (χ4v) is 2.60. The molecular weight excluding hydrogens is 290 g/mol. The Morgan fingerprint density at radius 2 is 2.00 bits per heavy atom. The molecule has 5 heteroatoms. The number of likely N-dealkylation sites (N-methyl/N-ethyl adjacent to an activating group) is 1. The second kappa shape index (κ2) is 9.08. The van der Waals surface area contributed by atoms with Crippen molar-refractivity contribution in [1.29, 1.82) is 0 Å². The maximum absolute atomic E-state index is 11.5. The lowest BCUT2D eigenvalue weighted by Gasteiger charge is -2.29. The lowest BCUT2D eigenvalue weighted by Crippen LogP contribution is -2.39. The number of carboxylic acids is 1. The molecular formula is C18H33N3O2. The zero-order valence-electron chi connectivity index (χ0n) is 15.5. The van der Waals surface area contributed by atoms with E-state index in [0.717, 1.165) is 37.2 Å². The number of aliphatic carboxylic acids is 1. The van der Waals surface area contributed by atoms with Gasteiger partial charge in [-0.25, -0.2) is 4.79 Å². The van der Waals surface area contributed by atoms with Crippen LogP contribution in [0.3, 0.4) is 0 Å². The third-order valence-corrected chi connectivity index (χ3v) is 4.59. The van der Waals surface area contributed by atoms with E-state index in [-0.39, 0.29) is 6.04 Å². The summed E-state index contributed by atoms with van der Waals surface area (Å²) < 4.78 is 0. The lowest BCUT2D eigenvalue weighted by molar-refractivity contribution is -0.132. The van der Waals surface area contributed by atoms with E-state index in [0.29, 0.717) is 5.57 Å². The van der Waals surface area contributed by atoms with Crippen LogP contribution in [0.1, 0.15) is 27.2 Å². The summed E-state index contributed by atoms with van der Waals surface area (Å²) in [7, 11) is 5.94. The third kappa shape index (κ3) is 7.18. The van der Waals surface area contributed by atoms with E-state index in [1.165, 1.54) is 6.42 Å². The van der Waals surface area contributed by atoms with Gasteiger partial charge in [-0.3, -0.25) is 4.90 Å². The highest BCUT2D eigenvalue weighted by Crippen LogP contribution is 2.38. The summed E-state index contributed by atoms with van der Waals surface area (Å²) in [5, 5.41) is 12.4. The van der Waals surface area contributed by atoms with Crippen molar-refractivity contribution in [1.82, 2.24) is 15.1 Å². The van der Waals surface area contributed by atoms with Crippen LogP contribution in [-0.4, -0.2) is 67.7 Å². The van der Waals surface area contributed by atoms with Gasteiger partial charge in [0.2, 0.25) is 0 Å². The molecule has 132 valence electrons. The summed E-state index contributed by atoms with van der Waals surface area (Å²) in [5.74, 6) is 0.688. The highest BCUT2D eigenvalue weighted by Gasteiger charge is 2.34. The molecule has 0 radical (unpaired) electrons. The van der Waals surface area contributed by atoms with Crippen LogP contribution in [0.25, 0.3) is 0 Å². The highest BCUT2D eigenvalue weighted by atomic mass is 16.4. The van der Waals surface area contributed by atoms with E-state index in [1.807, 2.05) is 13.0 Å². The van der Waals surface area contributed by atoms with Crippen LogP contribution in [-0.2, 0) is 4.79 Å². The van der Waals surface area contributed by atoms with Gasteiger partial charge in [0.05, 0.1) is 5.57 Å². The van der Waals surface area contributed by atoms with Gasteiger partial charge in [0.15, 0.2) is 0 Å². The van der Waals surface area contributed by atoms with Crippen molar-refractivity contribution in [2.75, 3.05) is 40.8 Å². The zero-order chi connectivity index (χ0) is 17.6. The molecule has 23 heavy (non-hydrogen) atoms. The standard InChI is InChI=1S/C18H33N3O2/c1-13-9-17(13)12-21(8-7-20(5)6)15(3)11-16(18(22)23)10-14(2)19-4/h10-11,13,15,17,19H,7-9,12H2,1-6H3,(H,22,23)/b14-10+,16-11+. The lowest BCUT2D eigenvalue weighted by atomic mass is 10.1. The quantitative estimate of drug-likeness (QED) is 0.476. The van der Waals surface area contributed by atoms with Crippen LogP contribution in [0.15, 0.2) is 23.4 Å². The molecule has 3 atom stereocenters. The second-order valence-corrected chi connectivity index (χ2v) is 7.02. The maximum Gasteiger partial charge on any atom is 0.335 e. The zero-order valence-corrected chi connectivity index (χ0v) is 15.5. The summed E-state index contributed by atoms with van der Waals surface area (Å²) >= 11 is 0. The van der Waals surface area contributed by atoms with Crippen molar-refractivity contribution in [2.24, 2.45) is 11.8 Å². The summed E-state index contributed by atoms with van der Waals surface area (Å²) in [6.45, 7) is 9.24. The molecule has 5 nitrogen and oxygen atoms in total. The largest absolute Gasteiger partial charge is 0.478 e. The van der Waals surface area contributed by atoms with Crippen LogP contribution >= 0.6 is 0 Å². The van der Waals surface area contributed by atoms with Gasteiger partial charge >= 0.3 is 5.97 Å². The number of rotatable bonds is 10.